The van der Waals surface area contributed by atoms with Crippen LogP contribution < -0.4 is 0 Å². The molecule has 2 aliphatic rings. The summed E-state index contributed by atoms with van der Waals surface area (Å²) in [5, 5.41) is 0. The molecule has 4 nitrogen and oxygen atoms in total. The van der Waals surface area contributed by atoms with Crippen molar-refractivity contribution >= 4 is 11.8 Å². The summed E-state index contributed by atoms with van der Waals surface area (Å²) in [6.07, 6.45) is 1.49. The number of carbonyl (C=O) groups excluding carboxylic acids is 2. The molecule has 1 heterocycles. The minimum atomic E-state index is 0.172. The van der Waals surface area contributed by atoms with Crippen LogP contribution in [-0.4, -0.2) is 47.8 Å². The van der Waals surface area contributed by atoms with E-state index in [0.717, 1.165) is 12.0 Å². The molecule has 23 heavy (non-hydrogen) atoms. The van der Waals surface area contributed by atoms with Gasteiger partial charge >= 0.3 is 0 Å². The van der Waals surface area contributed by atoms with Crippen LogP contribution in [-0.2, 0) is 16.0 Å². The highest BCUT2D eigenvalue weighted by Crippen LogP contribution is 2.39. The molecule has 0 radical (unpaired) electrons. The van der Waals surface area contributed by atoms with Gasteiger partial charge in [0.1, 0.15) is 0 Å². The van der Waals surface area contributed by atoms with E-state index in [1.165, 1.54) is 11.1 Å². The minimum absolute atomic E-state index is 0.172. The maximum Gasteiger partial charge on any atom is 0.227 e. The molecule has 0 aromatic heterocycles. The average molecular weight is 314 g/mol. The molecule has 1 aliphatic heterocycles. The molecule has 124 valence electrons. The van der Waals surface area contributed by atoms with Gasteiger partial charge in [0.25, 0.3) is 0 Å². The zero-order chi connectivity index (χ0) is 16.6. The lowest BCUT2D eigenvalue weighted by Gasteiger charge is -2.35. The van der Waals surface area contributed by atoms with Gasteiger partial charge in [-0.15, -0.1) is 0 Å². The maximum atomic E-state index is 12.5. The number of carbonyl (C=O) groups is 2. The van der Waals surface area contributed by atoms with Gasteiger partial charge in [-0.05, 0) is 37.3 Å². The van der Waals surface area contributed by atoms with Crippen LogP contribution in [0.4, 0.5) is 0 Å². The fraction of sp³-hybridized carbons (Fsp3) is 0.579. The molecule has 1 saturated heterocycles. The molecule has 0 bridgehead atoms. The van der Waals surface area contributed by atoms with Gasteiger partial charge in [-0.25, -0.2) is 0 Å². The average Bonchev–Trinajstić information content (AvgIpc) is 3.27. The Morgan fingerprint density at radius 1 is 1.09 bits per heavy atom. The van der Waals surface area contributed by atoms with Gasteiger partial charge in [0, 0.05) is 32.1 Å². The maximum absolute atomic E-state index is 12.5. The van der Waals surface area contributed by atoms with Crippen molar-refractivity contribution in [3.05, 3.63) is 34.9 Å². The molecule has 2 atom stereocenters. The lowest BCUT2D eigenvalue weighted by Crippen LogP contribution is -2.51. The van der Waals surface area contributed by atoms with Crippen LogP contribution >= 0.6 is 0 Å². The first-order chi connectivity index (χ1) is 11.0. The van der Waals surface area contributed by atoms with Gasteiger partial charge < -0.3 is 9.80 Å². The summed E-state index contributed by atoms with van der Waals surface area (Å²) in [7, 11) is 0. The quantitative estimate of drug-likeness (QED) is 0.858. The van der Waals surface area contributed by atoms with Gasteiger partial charge in [0.15, 0.2) is 0 Å². The predicted octanol–water partition coefficient (Wildman–Crippen LogP) is 2.17. The van der Waals surface area contributed by atoms with Crippen molar-refractivity contribution in [1.29, 1.82) is 0 Å². The summed E-state index contributed by atoms with van der Waals surface area (Å²) in [5.41, 5.74) is 3.47. The summed E-state index contributed by atoms with van der Waals surface area (Å²) in [5.74, 6) is 1.25. The number of rotatable bonds is 3. The Hall–Kier alpha value is -1.84. The van der Waals surface area contributed by atoms with Crippen molar-refractivity contribution in [1.82, 2.24) is 9.80 Å². The molecule has 3 rings (SSSR count). The number of benzene rings is 1. The summed E-state index contributed by atoms with van der Waals surface area (Å²) in [6.45, 7) is 8.92. The van der Waals surface area contributed by atoms with E-state index in [0.29, 0.717) is 44.4 Å². The van der Waals surface area contributed by atoms with Gasteiger partial charge in [-0.1, -0.05) is 30.7 Å². The zero-order valence-electron chi connectivity index (χ0n) is 14.3. The number of hydrogen-bond acceptors (Lipinski definition) is 2. The lowest BCUT2D eigenvalue weighted by molar-refractivity contribution is -0.140. The van der Waals surface area contributed by atoms with E-state index < -0.39 is 0 Å². The van der Waals surface area contributed by atoms with Crippen LogP contribution in [0.15, 0.2) is 18.2 Å². The Balaban J connectivity index is 1.54. The Morgan fingerprint density at radius 2 is 1.70 bits per heavy atom. The highest BCUT2D eigenvalue weighted by Gasteiger charge is 2.42. The second-order valence-electron chi connectivity index (χ2n) is 7.13. The lowest BCUT2D eigenvalue weighted by atomic mass is 10.0. The fourth-order valence-corrected chi connectivity index (χ4v) is 3.34. The third-order valence-electron chi connectivity index (χ3n) is 5.22. The smallest absolute Gasteiger partial charge is 0.227 e. The second-order valence-corrected chi connectivity index (χ2v) is 7.13. The van der Waals surface area contributed by atoms with E-state index in [4.69, 9.17) is 0 Å². The molecule has 2 fully saturated rings. The van der Waals surface area contributed by atoms with Crippen LogP contribution in [0.3, 0.4) is 0 Å². The summed E-state index contributed by atoms with van der Waals surface area (Å²) in [4.78, 5) is 28.6. The van der Waals surface area contributed by atoms with Crippen molar-refractivity contribution in [3.63, 3.8) is 0 Å². The molecule has 1 aromatic carbocycles. The van der Waals surface area contributed by atoms with Crippen molar-refractivity contribution in [2.24, 2.45) is 11.8 Å². The van der Waals surface area contributed by atoms with Crippen LogP contribution in [0, 0.1) is 25.7 Å². The van der Waals surface area contributed by atoms with Crippen molar-refractivity contribution in [2.75, 3.05) is 26.2 Å². The Labute approximate surface area is 138 Å². The predicted molar refractivity (Wildman–Crippen MR) is 90.1 cm³/mol. The third-order valence-corrected chi connectivity index (χ3v) is 5.22. The first-order valence-electron chi connectivity index (χ1n) is 8.58. The van der Waals surface area contributed by atoms with E-state index in [9.17, 15) is 9.59 Å². The summed E-state index contributed by atoms with van der Waals surface area (Å²) in [6, 6.07) is 6.25. The Kier molecular flexibility index (Phi) is 4.42. The van der Waals surface area contributed by atoms with Gasteiger partial charge in [0.2, 0.25) is 11.8 Å². The summed E-state index contributed by atoms with van der Waals surface area (Å²) < 4.78 is 0. The standard InChI is InChI=1S/C19H26N2O2/c1-13-4-5-14(2)16(10-13)12-18(22)20-6-8-21(9-7-20)19(23)17-11-15(17)3/h4-5,10,15,17H,6-9,11-12H2,1-3H3/t15-,17-/m0/s1. The molecule has 0 unspecified atom stereocenters. The molecule has 0 spiro atoms. The molecule has 4 heteroatoms. The van der Waals surface area contributed by atoms with E-state index in [1.807, 2.05) is 9.80 Å². The molecule has 1 aliphatic carbocycles. The molecule has 2 amide bonds. The van der Waals surface area contributed by atoms with Crippen molar-refractivity contribution in [3.8, 4) is 0 Å². The van der Waals surface area contributed by atoms with E-state index >= 15 is 0 Å². The highest BCUT2D eigenvalue weighted by atomic mass is 16.2. The second kappa shape index (κ2) is 6.34. The fourth-order valence-electron chi connectivity index (χ4n) is 3.34. The minimum Gasteiger partial charge on any atom is -0.339 e. The third kappa shape index (κ3) is 3.57. The number of amides is 2. The Bertz CT molecular complexity index is 618. The number of aryl methyl sites for hydroxylation is 2. The van der Waals surface area contributed by atoms with E-state index in [-0.39, 0.29) is 11.8 Å². The van der Waals surface area contributed by atoms with Crippen LogP contribution in [0.5, 0.6) is 0 Å². The molecular weight excluding hydrogens is 288 g/mol. The SMILES string of the molecule is Cc1ccc(C)c(CC(=O)N2CCN(C(=O)[C@H]3C[C@@H]3C)CC2)c1. The highest BCUT2D eigenvalue weighted by molar-refractivity contribution is 5.82. The number of piperazine rings is 1. The topological polar surface area (TPSA) is 40.6 Å². The van der Waals surface area contributed by atoms with E-state index in [1.54, 1.807) is 0 Å². The van der Waals surface area contributed by atoms with Crippen LogP contribution in [0.25, 0.3) is 0 Å². The van der Waals surface area contributed by atoms with Gasteiger partial charge in [0.05, 0.1) is 6.42 Å². The van der Waals surface area contributed by atoms with E-state index in [2.05, 4.69) is 39.0 Å². The molecule has 1 saturated carbocycles. The number of nitrogens with zero attached hydrogens (tertiary/aromatic N) is 2. The molecular formula is C19H26N2O2. The van der Waals surface area contributed by atoms with Gasteiger partial charge in [-0.2, -0.15) is 0 Å². The molecule has 0 N–H and O–H groups in total. The first kappa shape index (κ1) is 16.0. The molecule has 1 aromatic rings. The van der Waals surface area contributed by atoms with Crippen LogP contribution in [0.1, 0.15) is 30.0 Å². The largest absolute Gasteiger partial charge is 0.339 e. The van der Waals surface area contributed by atoms with Crippen molar-refractivity contribution < 1.29 is 9.59 Å². The monoisotopic (exact) mass is 314 g/mol. The Morgan fingerprint density at radius 3 is 2.30 bits per heavy atom. The van der Waals surface area contributed by atoms with Crippen molar-refractivity contribution in [2.45, 2.75) is 33.6 Å². The first-order valence-corrected chi connectivity index (χ1v) is 8.58. The van der Waals surface area contributed by atoms with Crippen LogP contribution in [0.2, 0.25) is 0 Å². The van der Waals surface area contributed by atoms with Gasteiger partial charge in [-0.3, -0.25) is 9.59 Å². The normalized spacial score (nSPS) is 23.8. The summed E-state index contributed by atoms with van der Waals surface area (Å²) >= 11 is 0. The zero-order valence-corrected chi connectivity index (χ0v) is 14.3. The number of hydrogen-bond donors (Lipinski definition) is 0.